The number of carbonyl (C=O) groups excluding carboxylic acids is 1. The summed E-state index contributed by atoms with van der Waals surface area (Å²) in [5.74, 6) is -0.417. The third-order valence-electron chi connectivity index (χ3n) is 2.59. The Balaban J connectivity index is 2.75. The first-order valence-electron chi connectivity index (χ1n) is 5.72. The molecule has 1 rings (SSSR count). The standard InChI is InChI=1S/C12H18F2N2O2/c1-12(2,5-7-17)15-11(18)9-4-3-6-16(9)8-10(13)14/h3-4,6,10,17H,5,7-8H2,1-2H3,(H,15,18). The second-order valence-electron chi connectivity index (χ2n) is 4.75. The number of aliphatic hydroxyl groups excluding tert-OH is 1. The van der Waals surface area contributed by atoms with Crippen molar-refractivity contribution < 1.29 is 18.7 Å². The minimum Gasteiger partial charge on any atom is -0.396 e. The normalized spacial score (nSPS) is 11.9. The van der Waals surface area contributed by atoms with Crippen molar-refractivity contribution in [1.82, 2.24) is 9.88 Å². The predicted octanol–water partition coefficient (Wildman–Crippen LogP) is 1.64. The van der Waals surface area contributed by atoms with Crippen LogP contribution < -0.4 is 5.32 Å². The van der Waals surface area contributed by atoms with Gasteiger partial charge >= 0.3 is 0 Å². The topological polar surface area (TPSA) is 54.3 Å². The van der Waals surface area contributed by atoms with E-state index in [0.717, 1.165) is 0 Å². The van der Waals surface area contributed by atoms with Crippen LogP contribution in [0, 0.1) is 0 Å². The number of hydrogen-bond acceptors (Lipinski definition) is 2. The van der Waals surface area contributed by atoms with Gasteiger partial charge in [0.2, 0.25) is 0 Å². The molecule has 1 amide bonds. The van der Waals surface area contributed by atoms with Crippen molar-refractivity contribution in [3.05, 3.63) is 24.0 Å². The Bertz CT molecular complexity index is 403. The van der Waals surface area contributed by atoms with Gasteiger partial charge in [-0.05, 0) is 32.4 Å². The van der Waals surface area contributed by atoms with Gasteiger partial charge in [-0.25, -0.2) is 8.78 Å². The van der Waals surface area contributed by atoms with E-state index in [2.05, 4.69) is 5.32 Å². The van der Waals surface area contributed by atoms with E-state index in [1.54, 1.807) is 19.9 Å². The van der Waals surface area contributed by atoms with Crippen LogP contribution in [0.5, 0.6) is 0 Å². The van der Waals surface area contributed by atoms with Gasteiger partial charge in [-0.15, -0.1) is 0 Å². The maximum Gasteiger partial charge on any atom is 0.268 e. The van der Waals surface area contributed by atoms with Gasteiger partial charge < -0.3 is 15.0 Å². The molecule has 0 aliphatic carbocycles. The van der Waals surface area contributed by atoms with E-state index in [0.29, 0.717) is 6.42 Å². The first kappa shape index (κ1) is 14.6. The van der Waals surface area contributed by atoms with Crippen LogP contribution in [-0.2, 0) is 6.54 Å². The first-order valence-corrected chi connectivity index (χ1v) is 5.72. The lowest BCUT2D eigenvalue weighted by molar-refractivity contribution is 0.0878. The number of aliphatic hydroxyl groups is 1. The molecule has 0 unspecified atom stereocenters. The number of alkyl halides is 2. The van der Waals surface area contributed by atoms with Gasteiger partial charge in [0, 0.05) is 18.3 Å². The fourth-order valence-electron chi connectivity index (χ4n) is 1.64. The molecule has 1 aromatic rings. The first-order chi connectivity index (χ1) is 8.35. The Hall–Kier alpha value is -1.43. The van der Waals surface area contributed by atoms with Gasteiger partial charge in [0.05, 0.1) is 6.54 Å². The van der Waals surface area contributed by atoms with Gasteiger partial charge in [0.1, 0.15) is 5.69 Å². The van der Waals surface area contributed by atoms with Crippen LogP contribution in [0.15, 0.2) is 18.3 Å². The molecule has 6 heteroatoms. The summed E-state index contributed by atoms with van der Waals surface area (Å²) >= 11 is 0. The van der Waals surface area contributed by atoms with Crippen molar-refractivity contribution in [3.8, 4) is 0 Å². The summed E-state index contributed by atoms with van der Waals surface area (Å²) < 4.78 is 25.8. The Morgan fingerprint density at radius 2 is 2.22 bits per heavy atom. The number of carbonyl (C=O) groups is 1. The molecule has 2 N–H and O–H groups in total. The molecule has 0 atom stereocenters. The molecular formula is C12H18F2N2O2. The number of rotatable bonds is 6. The van der Waals surface area contributed by atoms with E-state index in [-0.39, 0.29) is 12.3 Å². The van der Waals surface area contributed by atoms with Crippen molar-refractivity contribution in [2.45, 2.75) is 38.8 Å². The SMILES string of the molecule is CC(C)(CCO)NC(=O)c1cccn1CC(F)F. The number of nitrogens with zero attached hydrogens (tertiary/aromatic N) is 1. The lowest BCUT2D eigenvalue weighted by atomic mass is 10.0. The van der Waals surface area contributed by atoms with Crippen LogP contribution in [0.2, 0.25) is 0 Å². The van der Waals surface area contributed by atoms with Crippen molar-refractivity contribution in [2.75, 3.05) is 6.61 Å². The zero-order chi connectivity index (χ0) is 13.8. The molecule has 1 aromatic heterocycles. The second kappa shape index (κ2) is 5.95. The molecule has 0 aliphatic rings. The molecule has 4 nitrogen and oxygen atoms in total. The fraction of sp³-hybridized carbons (Fsp3) is 0.583. The van der Waals surface area contributed by atoms with Gasteiger partial charge in [-0.1, -0.05) is 0 Å². The van der Waals surface area contributed by atoms with Gasteiger partial charge in [0.15, 0.2) is 0 Å². The van der Waals surface area contributed by atoms with E-state index >= 15 is 0 Å². The molecule has 1 heterocycles. The largest absolute Gasteiger partial charge is 0.396 e. The Kier molecular flexibility index (Phi) is 4.84. The summed E-state index contributed by atoms with van der Waals surface area (Å²) in [5.41, 5.74) is -0.382. The number of hydrogen-bond donors (Lipinski definition) is 2. The number of aromatic nitrogens is 1. The lowest BCUT2D eigenvalue weighted by Gasteiger charge is -2.25. The van der Waals surface area contributed by atoms with Crippen LogP contribution in [-0.4, -0.2) is 34.2 Å². The monoisotopic (exact) mass is 260 g/mol. The molecule has 0 aromatic carbocycles. The molecule has 0 aliphatic heterocycles. The van der Waals surface area contributed by atoms with Crippen molar-refractivity contribution in [2.24, 2.45) is 0 Å². The lowest BCUT2D eigenvalue weighted by Crippen LogP contribution is -2.44. The molecule has 0 spiro atoms. The molecule has 0 radical (unpaired) electrons. The summed E-state index contributed by atoms with van der Waals surface area (Å²) in [6.07, 6.45) is -0.664. The van der Waals surface area contributed by atoms with Crippen molar-refractivity contribution in [1.29, 1.82) is 0 Å². The zero-order valence-corrected chi connectivity index (χ0v) is 10.5. The van der Waals surface area contributed by atoms with Gasteiger partial charge in [-0.3, -0.25) is 4.79 Å². The number of halogens is 2. The summed E-state index contributed by atoms with van der Waals surface area (Å²) in [5, 5.41) is 11.6. The van der Waals surface area contributed by atoms with Crippen LogP contribution in [0.1, 0.15) is 30.8 Å². The summed E-state index contributed by atoms with van der Waals surface area (Å²) in [7, 11) is 0. The summed E-state index contributed by atoms with van der Waals surface area (Å²) in [4.78, 5) is 11.9. The third-order valence-corrected chi connectivity index (χ3v) is 2.59. The average molecular weight is 260 g/mol. The zero-order valence-electron chi connectivity index (χ0n) is 10.5. The highest BCUT2D eigenvalue weighted by Gasteiger charge is 2.22. The maximum absolute atomic E-state index is 12.3. The highest BCUT2D eigenvalue weighted by atomic mass is 19.3. The van der Waals surface area contributed by atoms with E-state index in [1.807, 2.05) is 0 Å². The minimum atomic E-state index is -2.51. The Morgan fingerprint density at radius 3 is 2.78 bits per heavy atom. The van der Waals surface area contributed by atoms with Crippen molar-refractivity contribution >= 4 is 5.91 Å². The van der Waals surface area contributed by atoms with Gasteiger partial charge in [0.25, 0.3) is 12.3 Å². The van der Waals surface area contributed by atoms with E-state index in [9.17, 15) is 13.6 Å². The number of amides is 1. The van der Waals surface area contributed by atoms with Crippen LogP contribution in [0.3, 0.4) is 0 Å². The van der Waals surface area contributed by atoms with Crippen LogP contribution >= 0.6 is 0 Å². The van der Waals surface area contributed by atoms with E-state index in [1.165, 1.54) is 16.8 Å². The molecule has 102 valence electrons. The fourth-order valence-corrected chi connectivity index (χ4v) is 1.64. The van der Waals surface area contributed by atoms with E-state index in [4.69, 9.17) is 5.11 Å². The molecule has 0 saturated carbocycles. The summed E-state index contributed by atoms with van der Waals surface area (Å²) in [6.45, 7) is 2.98. The van der Waals surface area contributed by atoms with Crippen LogP contribution in [0.25, 0.3) is 0 Å². The third kappa shape index (κ3) is 4.10. The summed E-state index contributed by atoms with van der Waals surface area (Å²) in [6, 6.07) is 3.04. The molecule has 0 saturated heterocycles. The molecule has 0 bridgehead atoms. The predicted molar refractivity (Wildman–Crippen MR) is 63.7 cm³/mol. The molecule has 18 heavy (non-hydrogen) atoms. The quantitative estimate of drug-likeness (QED) is 0.817. The molecule has 0 fully saturated rings. The Labute approximate surface area is 105 Å². The highest BCUT2D eigenvalue weighted by molar-refractivity contribution is 5.93. The molecular weight excluding hydrogens is 242 g/mol. The average Bonchev–Trinajstić information content (AvgIpc) is 2.63. The van der Waals surface area contributed by atoms with Crippen molar-refractivity contribution in [3.63, 3.8) is 0 Å². The number of nitrogens with one attached hydrogen (secondary N) is 1. The smallest absolute Gasteiger partial charge is 0.268 e. The maximum atomic E-state index is 12.3. The Morgan fingerprint density at radius 1 is 1.56 bits per heavy atom. The highest BCUT2D eigenvalue weighted by Crippen LogP contribution is 2.11. The second-order valence-corrected chi connectivity index (χ2v) is 4.75. The van der Waals surface area contributed by atoms with Crippen LogP contribution in [0.4, 0.5) is 8.78 Å². The minimum absolute atomic E-state index is 0.0503. The van der Waals surface area contributed by atoms with E-state index < -0.39 is 24.4 Å². The van der Waals surface area contributed by atoms with Gasteiger partial charge in [-0.2, -0.15) is 0 Å².